The van der Waals surface area contributed by atoms with Gasteiger partial charge in [0.15, 0.2) is 0 Å². The van der Waals surface area contributed by atoms with E-state index in [4.69, 9.17) is 0 Å². The number of carbonyl (C=O) groups is 1. The molecular formula is C19H18N4O. The maximum absolute atomic E-state index is 12.6. The first-order valence-electron chi connectivity index (χ1n) is 8.08. The first-order chi connectivity index (χ1) is 11.8. The second-order valence-corrected chi connectivity index (χ2v) is 5.88. The Bertz CT molecular complexity index is 1030. The number of nitrogens with one attached hydrogen (secondary N) is 2. The summed E-state index contributed by atoms with van der Waals surface area (Å²) in [6.07, 6.45) is 4.90. The average molecular weight is 318 g/mol. The molecule has 0 unspecified atom stereocenters. The Morgan fingerprint density at radius 1 is 1.21 bits per heavy atom. The van der Waals surface area contributed by atoms with Gasteiger partial charge in [0.1, 0.15) is 0 Å². The lowest BCUT2D eigenvalue weighted by atomic mass is 10.1. The molecule has 0 atom stereocenters. The molecule has 5 heteroatoms. The number of rotatable bonds is 4. The third-order valence-corrected chi connectivity index (χ3v) is 4.21. The number of aryl methyl sites for hydroxylation is 1. The molecule has 0 aliphatic rings. The van der Waals surface area contributed by atoms with Gasteiger partial charge in [-0.3, -0.25) is 9.89 Å². The summed E-state index contributed by atoms with van der Waals surface area (Å²) in [7, 11) is 0. The van der Waals surface area contributed by atoms with Crippen molar-refractivity contribution in [3.63, 3.8) is 0 Å². The Morgan fingerprint density at radius 2 is 2.12 bits per heavy atom. The second-order valence-electron chi connectivity index (χ2n) is 5.88. The van der Waals surface area contributed by atoms with Gasteiger partial charge in [-0.1, -0.05) is 19.1 Å². The van der Waals surface area contributed by atoms with E-state index in [0.29, 0.717) is 5.56 Å². The van der Waals surface area contributed by atoms with Gasteiger partial charge in [0.05, 0.1) is 17.3 Å². The number of hydrogen-bond donors (Lipinski definition) is 2. The van der Waals surface area contributed by atoms with E-state index in [1.807, 2.05) is 24.3 Å². The van der Waals surface area contributed by atoms with Crippen LogP contribution in [-0.2, 0) is 6.54 Å². The van der Waals surface area contributed by atoms with Crippen LogP contribution in [0.5, 0.6) is 0 Å². The van der Waals surface area contributed by atoms with Crippen LogP contribution >= 0.6 is 0 Å². The molecular weight excluding hydrogens is 300 g/mol. The number of para-hydroxylation sites is 1. The Labute approximate surface area is 139 Å². The van der Waals surface area contributed by atoms with Crippen LogP contribution in [-0.4, -0.2) is 20.7 Å². The fourth-order valence-electron chi connectivity index (χ4n) is 3.07. The summed E-state index contributed by atoms with van der Waals surface area (Å²) in [6, 6.07) is 13.7. The van der Waals surface area contributed by atoms with Gasteiger partial charge in [0.2, 0.25) is 0 Å². The second kappa shape index (κ2) is 5.85. The zero-order valence-electron chi connectivity index (χ0n) is 13.4. The number of fused-ring (bicyclic) bond motifs is 2. The van der Waals surface area contributed by atoms with Crippen molar-refractivity contribution in [1.82, 2.24) is 14.8 Å². The quantitative estimate of drug-likeness (QED) is 0.593. The van der Waals surface area contributed by atoms with E-state index in [1.54, 1.807) is 12.3 Å². The lowest BCUT2D eigenvalue weighted by Gasteiger charge is -2.08. The fourth-order valence-corrected chi connectivity index (χ4v) is 3.07. The van der Waals surface area contributed by atoms with E-state index in [2.05, 4.69) is 45.3 Å². The van der Waals surface area contributed by atoms with Crippen molar-refractivity contribution in [2.75, 3.05) is 5.32 Å². The number of hydrogen-bond acceptors (Lipinski definition) is 2. The van der Waals surface area contributed by atoms with E-state index in [1.165, 1.54) is 5.52 Å². The Hall–Kier alpha value is -3.08. The smallest absolute Gasteiger partial charge is 0.257 e. The minimum atomic E-state index is -0.141. The highest BCUT2D eigenvalue weighted by atomic mass is 16.1. The highest BCUT2D eigenvalue weighted by Crippen LogP contribution is 2.22. The molecule has 0 aliphatic carbocycles. The number of aromatic nitrogens is 3. The van der Waals surface area contributed by atoms with Crippen molar-refractivity contribution in [1.29, 1.82) is 0 Å². The van der Waals surface area contributed by atoms with Crippen LogP contribution in [0, 0.1) is 0 Å². The van der Waals surface area contributed by atoms with Crippen molar-refractivity contribution in [3.05, 3.63) is 60.4 Å². The minimum absolute atomic E-state index is 0.141. The number of benzene rings is 2. The van der Waals surface area contributed by atoms with Crippen LogP contribution in [0.1, 0.15) is 23.7 Å². The number of anilines is 1. The molecule has 0 radical (unpaired) electrons. The number of carbonyl (C=O) groups excluding carboxylic acids is 1. The van der Waals surface area contributed by atoms with E-state index < -0.39 is 0 Å². The summed E-state index contributed by atoms with van der Waals surface area (Å²) in [5.41, 5.74) is 3.32. The monoisotopic (exact) mass is 318 g/mol. The van der Waals surface area contributed by atoms with Crippen LogP contribution in [0.2, 0.25) is 0 Å². The molecule has 2 aromatic carbocycles. The van der Waals surface area contributed by atoms with Crippen LogP contribution in [0.15, 0.2) is 54.9 Å². The SMILES string of the molecule is CCCn1ccc2cc(NC(=O)c3cccc4cn[nH]c34)ccc21. The third kappa shape index (κ3) is 2.44. The zero-order valence-corrected chi connectivity index (χ0v) is 13.4. The van der Waals surface area contributed by atoms with Gasteiger partial charge in [0.25, 0.3) is 5.91 Å². The van der Waals surface area contributed by atoms with E-state index in [0.717, 1.165) is 34.9 Å². The maximum atomic E-state index is 12.6. The van der Waals surface area contributed by atoms with Crippen LogP contribution in [0.25, 0.3) is 21.8 Å². The van der Waals surface area contributed by atoms with Gasteiger partial charge in [-0.2, -0.15) is 5.10 Å². The molecule has 120 valence electrons. The molecule has 0 saturated heterocycles. The largest absolute Gasteiger partial charge is 0.347 e. The lowest BCUT2D eigenvalue weighted by Crippen LogP contribution is -2.12. The van der Waals surface area contributed by atoms with E-state index in [9.17, 15) is 4.79 Å². The third-order valence-electron chi connectivity index (χ3n) is 4.21. The Kier molecular flexibility index (Phi) is 3.54. The minimum Gasteiger partial charge on any atom is -0.347 e. The molecule has 0 fully saturated rings. The predicted octanol–water partition coefficient (Wildman–Crippen LogP) is 4.18. The summed E-state index contributed by atoms with van der Waals surface area (Å²) >= 11 is 0. The molecule has 0 aliphatic heterocycles. The van der Waals surface area contributed by atoms with Gasteiger partial charge in [-0.15, -0.1) is 0 Å². The molecule has 2 aromatic heterocycles. The number of amides is 1. The number of nitrogens with zero attached hydrogens (tertiary/aromatic N) is 2. The number of aromatic amines is 1. The first kappa shape index (κ1) is 14.5. The van der Waals surface area contributed by atoms with E-state index in [-0.39, 0.29) is 5.91 Å². The molecule has 1 amide bonds. The highest BCUT2D eigenvalue weighted by Gasteiger charge is 2.12. The van der Waals surface area contributed by atoms with Crippen LogP contribution in [0.4, 0.5) is 5.69 Å². The molecule has 2 heterocycles. The van der Waals surface area contributed by atoms with Gasteiger partial charge in [0, 0.05) is 34.7 Å². The normalized spacial score (nSPS) is 11.2. The average Bonchev–Trinajstić information content (AvgIpc) is 3.21. The summed E-state index contributed by atoms with van der Waals surface area (Å²) < 4.78 is 2.23. The first-order valence-corrected chi connectivity index (χ1v) is 8.08. The van der Waals surface area contributed by atoms with E-state index >= 15 is 0 Å². The maximum Gasteiger partial charge on any atom is 0.257 e. The molecule has 4 rings (SSSR count). The molecule has 5 nitrogen and oxygen atoms in total. The predicted molar refractivity (Wildman–Crippen MR) is 96.3 cm³/mol. The highest BCUT2D eigenvalue weighted by molar-refractivity contribution is 6.12. The topological polar surface area (TPSA) is 62.7 Å². The van der Waals surface area contributed by atoms with Crippen molar-refractivity contribution >= 4 is 33.4 Å². The van der Waals surface area contributed by atoms with Crippen LogP contribution < -0.4 is 5.32 Å². The summed E-state index contributed by atoms with van der Waals surface area (Å²) in [6.45, 7) is 3.16. The van der Waals surface area contributed by atoms with Crippen molar-refractivity contribution < 1.29 is 4.79 Å². The number of H-pyrrole nitrogens is 1. The Balaban J connectivity index is 1.64. The van der Waals surface area contributed by atoms with Gasteiger partial charge >= 0.3 is 0 Å². The molecule has 0 spiro atoms. The van der Waals surface area contributed by atoms with Crippen molar-refractivity contribution in [3.8, 4) is 0 Å². The zero-order chi connectivity index (χ0) is 16.5. The van der Waals surface area contributed by atoms with Gasteiger partial charge < -0.3 is 9.88 Å². The summed E-state index contributed by atoms with van der Waals surface area (Å²) in [5, 5.41) is 11.9. The molecule has 2 N–H and O–H groups in total. The Morgan fingerprint density at radius 3 is 3.00 bits per heavy atom. The summed E-state index contributed by atoms with van der Waals surface area (Å²) in [4.78, 5) is 12.6. The molecule has 4 aromatic rings. The van der Waals surface area contributed by atoms with Crippen LogP contribution in [0.3, 0.4) is 0 Å². The molecule has 24 heavy (non-hydrogen) atoms. The van der Waals surface area contributed by atoms with Gasteiger partial charge in [-0.05, 0) is 36.8 Å². The standard InChI is InChI=1S/C19H18N4O/c1-2-9-23-10-8-13-11-15(6-7-17(13)23)21-19(24)16-5-3-4-14-12-20-22-18(14)16/h3-8,10-12H,2,9H2,1H3,(H,20,22)(H,21,24). The van der Waals surface area contributed by atoms with Crippen molar-refractivity contribution in [2.24, 2.45) is 0 Å². The fraction of sp³-hybridized carbons (Fsp3) is 0.158. The summed E-state index contributed by atoms with van der Waals surface area (Å²) in [5.74, 6) is -0.141. The van der Waals surface area contributed by atoms with Gasteiger partial charge in [-0.25, -0.2) is 0 Å². The molecule has 0 saturated carbocycles. The molecule has 0 bridgehead atoms. The lowest BCUT2D eigenvalue weighted by molar-refractivity contribution is 0.102. The van der Waals surface area contributed by atoms with Crippen molar-refractivity contribution in [2.45, 2.75) is 19.9 Å².